The molecule has 4 nitrogen and oxygen atoms in total. The number of amides is 2. The lowest BCUT2D eigenvalue weighted by atomic mass is 10.1. The van der Waals surface area contributed by atoms with Gasteiger partial charge in [-0.3, -0.25) is 0 Å². The number of urea groups is 1. The molecule has 0 unspecified atom stereocenters. The van der Waals surface area contributed by atoms with Crippen LogP contribution in [0.25, 0.3) is 0 Å². The van der Waals surface area contributed by atoms with Crippen LogP contribution >= 0.6 is 0 Å². The number of aromatic hydroxyl groups is 1. The molecule has 0 spiro atoms. The van der Waals surface area contributed by atoms with Gasteiger partial charge in [0.05, 0.1) is 6.54 Å². The van der Waals surface area contributed by atoms with E-state index in [0.717, 1.165) is 16.8 Å². The first-order valence-electron chi connectivity index (χ1n) is 6.94. The SMILES string of the molecule is Cc1ccc(C)c(NC(=O)NCC#Cc2cccc(O)c2)c1. The summed E-state index contributed by atoms with van der Waals surface area (Å²) in [7, 11) is 0. The van der Waals surface area contributed by atoms with E-state index < -0.39 is 0 Å². The molecule has 0 saturated heterocycles. The van der Waals surface area contributed by atoms with E-state index in [1.54, 1.807) is 24.3 Å². The van der Waals surface area contributed by atoms with Crippen molar-refractivity contribution in [3.05, 3.63) is 59.2 Å². The average Bonchev–Trinajstić information content (AvgIpc) is 2.48. The van der Waals surface area contributed by atoms with E-state index in [2.05, 4.69) is 22.5 Å². The predicted octanol–water partition coefficient (Wildman–Crippen LogP) is 3.18. The van der Waals surface area contributed by atoms with Crippen LogP contribution in [0.3, 0.4) is 0 Å². The number of carbonyl (C=O) groups excluding carboxylic acids is 1. The Kier molecular flexibility index (Phi) is 5.05. The normalized spacial score (nSPS) is 9.55. The standard InChI is InChI=1S/C18H18N2O2/c1-13-8-9-14(2)17(11-13)20-18(22)19-10-4-6-15-5-3-7-16(21)12-15/h3,5,7-9,11-12,21H,10H2,1-2H3,(H2,19,20,22). The van der Waals surface area contributed by atoms with Crippen molar-refractivity contribution >= 4 is 11.7 Å². The van der Waals surface area contributed by atoms with E-state index in [1.807, 2.05) is 32.0 Å². The second kappa shape index (κ2) is 7.19. The number of phenols is 1. The van der Waals surface area contributed by atoms with Crippen molar-refractivity contribution in [1.29, 1.82) is 0 Å². The molecular formula is C18H18N2O2. The third-order valence-electron chi connectivity index (χ3n) is 3.06. The van der Waals surface area contributed by atoms with E-state index in [9.17, 15) is 9.90 Å². The molecule has 2 aromatic rings. The lowest BCUT2D eigenvalue weighted by Crippen LogP contribution is -2.29. The Balaban J connectivity index is 1.87. The summed E-state index contributed by atoms with van der Waals surface area (Å²) in [5, 5.41) is 14.8. The first-order chi connectivity index (χ1) is 10.5. The minimum atomic E-state index is -0.293. The van der Waals surface area contributed by atoms with Gasteiger partial charge in [0.2, 0.25) is 0 Å². The Morgan fingerprint density at radius 3 is 2.77 bits per heavy atom. The van der Waals surface area contributed by atoms with Crippen molar-refractivity contribution in [2.75, 3.05) is 11.9 Å². The molecule has 0 aliphatic carbocycles. The molecular weight excluding hydrogens is 276 g/mol. The lowest BCUT2D eigenvalue weighted by Gasteiger charge is -2.09. The van der Waals surface area contributed by atoms with Crippen molar-refractivity contribution in [2.24, 2.45) is 0 Å². The summed E-state index contributed by atoms with van der Waals surface area (Å²) in [6.07, 6.45) is 0. The maximum Gasteiger partial charge on any atom is 0.320 e. The van der Waals surface area contributed by atoms with Crippen molar-refractivity contribution in [3.63, 3.8) is 0 Å². The largest absolute Gasteiger partial charge is 0.508 e. The molecule has 4 heteroatoms. The summed E-state index contributed by atoms with van der Waals surface area (Å²) in [4.78, 5) is 11.8. The quantitative estimate of drug-likeness (QED) is 0.745. The lowest BCUT2D eigenvalue weighted by molar-refractivity contribution is 0.253. The Morgan fingerprint density at radius 2 is 2.00 bits per heavy atom. The molecule has 0 aliphatic rings. The number of benzene rings is 2. The first kappa shape index (κ1) is 15.5. The number of phenolic OH excluding ortho intramolecular Hbond substituents is 1. The van der Waals surface area contributed by atoms with Gasteiger partial charge in [0.25, 0.3) is 0 Å². The van der Waals surface area contributed by atoms with E-state index in [0.29, 0.717) is 5.56 Å². The average molecular weight is 294 g/mol. The second-order valence-electron chi connectivity index (χ2n) is 4.98. The third-order valence-corrected chi connectivity index (χ3v) is 3.06. The molecule has 112 valence electrons. The fraction of sp³-hybridized carbons (Fsp3) is 0.167. The molecule has 0 aliphatic heterocycles. The van der Waals surface area contributed by atoms with Crippen LogP contribution in [0.1, 0.15) is 16.7 Å². The van der Waals surface area contributed by atoms with Crippen LogP contribution in [0.4, 0.5) is 10.5 Å². The first-order valence-corrected chi connectivity index (χ1v) is 6.94. The summed E-state index contributed by atoms with van der Waals surface area (Å²) in [5.41, 5.74) is 3.59. The number of nitrogens with one attached hydrogen (secondary N) is 2. The van der Waals surface area contributed by atoms with Gasteiger partial charge in [-0.2, -0.15) is 0 Å². The molecule has 0 fully saturated rings. The highest BCUT2D eigenvalue weighted by Gasteiger charge is 2.03. The van der Waals surface area contributed by atoms with E-state index >= 15 is 0 Å². The molecule has 2 amide bonds. The van der Waals surface area contributed by atoms with Crippen LogP contribution in [0.2, 0.25) is 0 Å². The molecule has 0 atom stereocenters. The highest BCUT2D eigenvalue weighted by Crippen LogP contribution is 2.15. The van der Waals surface area contributed by atoms with Crippen molar-refractivity contribution < 1.29 is 9.90 Å². The van der Waals surface area contributed by atoms with Gasteiger partial charge in [-0.15, -0.1) is 0 Å². The summed E-state index contributed by atoms with van der Waals surface area (Å²) >= 11 is 0. The van der Waals surface area contributed by atoms with Gasteiger partial charge in [-0.1, -0.05) is 30.0 Å². The van der Waals surface area contributed by atoms with Crippen LogP contribution in [-0.4, -0.2) is 17.7 Å². The smallest absolute Gasteiger partial charge is 0.320 e. The molecule has 2 aromatic carbocycles. The number of rotatable bonds is 2. The second-order valence-corrected chi connectivity index (χ2v) is 4.98. The van der Waals surface area contributed by atoms with Gasteiger partial charge in [0.1, 0.15) is 5.75 Å². The molecule has 2 rings (SSSR count). The number of carbonyl (C=O) groups is 1. The third kappa shape index (κ3) is 4.57. The Bertz CT molecular complexity index is 742. The maximum atomic E-state index is 11.8. The van der Waals surface area contributed by atoms with Gasteiger partial charge < -0.3 is 15.7 Å². The van der Waals surface area contributed by atoms with E-state index in [-0.39, 0.29) is 18.3 Å². The molecule has 0 aromatic heterocycles. The number of hydrogen-bond acceptors (Lipinski definition) is 2. The summed E-state index contributed by atoms with van der Waals surface area (Å²) < 4.78 is 0. The topological polar surface area (TPSA) is 61.4 Å². The van der Waals surface area contributed by atoms with Crippen molar-refractivity contribution in [2.45, 2.75) is 13.8 Å². The molecule has 3 N–H and O–H groups in total. The van der Waals surface area contributed by atoms with Crippen molar-refractivity contribution in [3.8, 4) is 17.6 Å². The van der Waals surface area contributed by atoms with E-state index in [1.165, 1.54) is 0 Å². The zero-order valence-electron chi connectivity index (χ0n) is 12.6. The summed E-state index contributed by atoms with van der Waals surface area (Å²) in [6.45, 7) is 4.15. The minimum Gasteiger partial charge on any atom is -0.508 e. The van der Waals surface area contributed by atoms with Crippen LogP contribution in [0.15, 0.2) is 42.5 Å². The minimum absolute atomic E-state index is 0.174. The molecule has 0 saturated carbocycles. The van der Waals surface area contributed by atoms with Crippen LogP contribution in [0, 0.1) is 25.7 Å². The molecule has 0 bridgehead atoms. The van der Waals surface area contributed by atoms with Gasteiger partial charge in [-0.25, -0.2) is 4.79 Å². The molecule has 0 heterocycles. The molecule has 0 radical (unpaired) electrons. The summed E-state index contributed by atoms with van der Waals surface area (Å²) in [5.74, 6) is 5.88. The van der Waals surface area contributed by atoms with Crippen LogP contribution in [-0.2, 0) is 0 Å². The highest BCUT2D eigenvalue weighted by atomic mass is 16.3. The van der Waals surface area contributed by atoms with Crippen molar-refractivity contribution in [1.82, 2.24) is 5.32 Å². The van der Waals surface area contributed by atoms with Crippen LogP contribution in [0.5, 0.6) is 5.75 Å². The van der Waals surface area contributed by atoms with Gasteiger partial charge in [0, 0.05) is 11.3 Å². The highest BCUT2D eigenvalue weighted by molar-refractivity contribution is 5.90. The number of aryl methyl sites for hydroxylation is 2. The van der Waals surface area contributed by atoms with Gasteiger partial charge >= 0.3 is 6.03 Å². The Labute approximate surface area is 130 Å². The Hall–Kier alpha value is -2.93. The number of anilines is 1. The zero-order chi connectivity index (χ0) is 15.9. The zero-order valence-corrected chi connectivity index (χ0v) is 12.6. The summed E-state index contributed by atoms with van der Waals surface area (Å²) in [6, 6.07) is 12.3. The van der Waals surface area contributed by atoms with Gasteiger partial charge in [-0.05, 0) is 49.2 Å². The monoisotopic (exact) mass is 294 g/mol. The fourth-order valence-electron chi connectivity index (χ4n) is 1.89. The fourth-order valence-corrected chi connectivity index (χ4v) is 1.89. The predicted molar refractivity (Wildman–Crippen MR) is 87.9 cm³/mol. The van der Waals surface area contributed by atoms with Crippen LogP contribution < -0.4 is 10.6 Å². The maximum absolute atomic E-state index is 11.8. The molecule has 22 heavy (non-hydrogen) atoms. The Morgan fingerprint density at radius 1 is 1.18 bits per heavy atom. The van der Waals surface area contributed by atoms with E-state index in [4.69, 9.17) is 0 Å². The number of hydrogen-bond donors (Lipinski definition) is 3. The van der Waals surface area contributed by atoms with Gasteiger partial charge in [0.15, 0.2) is 0 Å².